The highest BCUT2D eigenvalue weighted by Crippen LogP contribution is 2.19. The number of H-pyrrole nitrogens is 1. The minimum atomic E-state index is 0.0529. The number of anilines is 1. The van der Waals surface area contributed by atoms with E-state index in [2.05, 4.69) is 39.7 Å². The molecule has 2 N–H and O–H groups in total. The summed E-state index contributed by atoms with van der Waals surface area (Å²) in [6.07, 6.45) is 9.33. The van der Waals surface area contributed by atoms with E-state index in [0.717, 1.165) is 44.6 Å². The molecule has 140 valence electrons. The molecule has 0 radical (unpaired) electrons. The van der Waals surface area contributed by atoms with Crippen molar-refractivity contribution in [2.75, 3.05) is 25.0 Å². The lowest BCUT2D eigenvalue weighted by molar-refractivity contribution is 0.0756. The number of aromatic amines is 1. The quantitative estimate of drug-likeness (QED) is 0.714. The van der Waals surface area contributed by atoms with E-state index in [4.69, 9.17) is 0 Å². The van der Waals surface area contributed by atoms with Crippen LogP contribution in [0.2, 0.25) is 0 Å². The van der Waals surface area contributed by atoms with Crippen LogP contribution in [0.4, 0.5) is 5.69 Å². The number of nitrogens with zero attached hydrogens (tertiary/aromatic N) is 2. The van der Waals surface area contributed by atoms with Crippen LogP contribution in [0.25, 0.3) is 10.9 Å². The second-order valence-electron chi connectivity index (χ2n) is 7.17. The van der Waals surface area contributed by atoms with Crippen LogP contribution in [0, 0.1) is 0 Å². The van der Waals surface area contributed by atoms with Gasteiger partial charge < -0.3 is 15.2 Å². The van der Waals surface area contributed by atoms with Crippen molar-refractivity contribution < 1.29 is 4.79 Å². The third kappa shape index (κ3) is 4.13. The average molecular weight is 362 g/mol. The second kappa shape index (κ2) is 8.25. The number of carbonyl (C=O) groups is 1. The molecule has 1 fully saturated rings. The van der Waals surface area contributed by atoms with Gasteiger partial charge in [-0.05, 0) is 43.0 Å². The summed E-state index contributed by atoms with van der Waals surface area (Å²) in [6, 6.07) is 12.1. The van der Waals surface area contributed by atoms with E-state index >= 15 is 0 Å². The summed E-state index contributed by atoms with van der Waals surface area (Å²) in [6.45, 7) is 2.50. The summed E-state index contributed by atoms with van der Waals surface area (Å²) in [5, 5.41) is 4.70. The molecule has 0 unspecified atom stereocenters. The zero-order chi connectivity index (χ0) is 18.5. The topological polar surface area (TPSA) is 61.0 Å². The SMILES string of the molecule is O=C(c1cc(NCCc2c[nH]c3ccccc23)ccn1)N1CCCCCC1. The number of hydrogen-bond donors (Lipinski definition) is 2. The Hall–Kier alpha value is -2.82. The normalized spacial score (nSPS) is 14.9. The van der Waals surface area contributed by atoms with E-state index < -0.39 is 0 Å². The Morgan fingerprint density at radius 3 is 2.78 bits per heavy atom. The number of pyridine rings is 1. The summed E-state index contributed by atoms with van der Waals surface area (Å²) in [5.41, 5.74) is 3.95. The first-order chi connectivity index (χ1) is 13.3. The largest absolute Gasteiger partial charge is 0.385 e. The van der Waals surface area contributed by atoms with Crippen LogP contribution in [0.3, 0.4) is 0 Å². The van der Waals surface area contributed by atoms with E-state index in [1.165, 1.54) is 29.3 Å². The molecule has 1 amide bonds. The van der Waals surface area contributed by atoms with Crippen molar-refractivity contribution in [1.29, 1.82) is 0 Å². The summed E-state index contributed by atoms with van der Waals surface area (Å²) in [5.74, 6) is 0.0529. The molecule has 1 saturated heterocycles. The molecule has 1 aliphatic rings. The predicted octanol–water partition coefficient (Wildman–Crippen LogP) is 4.23. The molecule has 1 aromatic carbocycles. The van der Waals surface area contributed by atoms with Crippen LogP contribution < -0.4 is 5.32 Å². The molecule has 0 spiro atoms. The Balaban J connectivity index is 1.38. The molecule has 5 nitrogen and oxygen atoms in total. The molecule has 0 atom stereocenters. The molecule has 0 saturated carbocycles. The molecule has 27 heavy (non-hydrogen) atoms. The highest BCUT2D eigenvalue weighted by atomic mass is 16.2. The molecule has 0 aliphatic carbocycles. The molecule has 3 aromatic rings. The minimum absolute atomic E-state index is 0.0529. The first kappa shape index (κ1) is 17.6. The van der Waals surface area contributed by atoms with Gasteiger partial charge in [-0.3, -0.25) is 9.78 Å². The maximum Gasteiger partial charge on any atom is 0.272 e. The van der Waals surface area contributed by atoms with Crippen LogP contribution in [0.5, 0.6) is 0 Å². The smallest absolute Gasteiger partial charge is 0.272 e. The highest BCUT2D eigenvalue weighted by Gasteiger charge is 2.18. The van der Waals surface area contributed by atoms with E-state index in [9.17, 15) is 4.79 Å². The van der Waals surface area contributed by atoms with Crippen LogP contribution in [0.1, 0.15) is 41.7 Å². The Morgan fingerprint density at radius 2 is 1.93 bits per heavy atom. The molecule has 5 heteroatoms. The third-order valence-corrected chi connectivity index (χ3v) is 5.27. The Morgan fingerprint density at radius 1 is 1.11 bits per heavy atom. The zero-order valence-electron chi connectivity index (χ0n) is 15.6. The summed E-state index contributed by atoms with van der Waals surface area (Å²) in [4.78, 5) is 22.3. The average Bonchev–Trinajstić information content (AvgIpc) is 2.93. The number of fused-ring (bicyclic) bond motifs is 1. The summed E-state index contributed by atoms with van der Waals surface area (Å²) >= 11 is 0. The lowest BCUT2D eigenvalue weighted by Crippen LogP contribution is -2.32. The molecule has 2 aromatic heterocycles. The van der Waals surface area contributed by atoms with Gasteiger partial charge in [-0.2, -0.15) is 0 Å². The number of likely N-dealkylation sites (tertiary alicyclic amines) is 1. The standard InChI is InChI=1S/C22H26N4O/c27-22(26-13-5-1-2-6-14-26)21-15-18(10-12-24-21)23-11-9-17-16-25-20-8-4-3-7-19(17)20/h3-4,7-8,10,12,15-16,25H,1-2,5-6,9,11,13-14H2,(H,23,24). The van der Waals surface area contributed by atoms with Crippen molar-refractivity contribution in [1.82, 2.24) is 14.9 Å². The van der Waals surface area contributed by atoms with Crippen molar-refractivity contribution >= 4 is 22.5 Å². The number of rotatable bonds is 5. The van der Waals surface area contributed by atoms with E-state index in [1.807, 2.05) is 23.1 Å². The van der Waals surface area contributed by atoms with Crippen LogP contribution >= 0.6 is 0 Å². The van der Waals surface area contributed by atoms with Crippen LogP contribution in [-0.4, -0.2) is 40.4 Å². The lowest BCUT2D eigenvalue weighted by atomic mass is 10.1. The Kier molecular flexibility index (Phi) is 5.37. The number of benzene rings is 1. The van der Waals surface area contributed by atoms with Gasteiger partial charge >= 0.3 is 0 Å². The van der Waals surface area contributed by atoms with Crippen molar-refractivity contribution in [3.63, 3.8) is 0 Å². The van der Waals surface area contributed by atoms with Crippen LogP contribution in [-0.2, 0) is 6.42 Å². The predicted molar refractivity (Wildman–Crippen MR) is 109 cm³/mol. The number of carbonyl (C=O) groups excluding carboxylic acids is 1. The first-order valence-corrected chi connectivity index (χ1v) is 9.85. The number of amides is 1. The van der Waals surface area contributed by atoms with Crippen molar-refractivity contribution in [2.24, 2.45) is 0 Å². The number of nitrogens with one attached hydrogen (secondary N) is 2. The third-order valence-electron chi connectivity index (χ3n) is 5.27. The van der Waals surface area contributed by atoms with Gasteiger partial charge in [0.05, 0.1) is 0 Å². The number of aromatic nitrogens is 2. The van der Waals surface area contributed by atoms with Gasteiger partial charge in [0, 0.05) is 48.6 Å². The first-order valence-electron chi connectivity index (χ1n) is 9.85. The molecule has 1 aliphatic heterocycles. The van der Waals surface area contributed by atoms with Gasteiger partial charge in [-0.25, -0.2) is 0 Å². The molecular weight excluding hydrogens is 336 g/mol. The minimum Gasteiger partial charge on any atom is -0.385 e. The Bertz CT molecular complexity index is 909. The van der Waals surface area contributed by atoms with Gasteiger partial charge in [0.25, 0.3) is 5.91 Å². The van der Waals surface area contributed by atoms with Gasteiger partial charge in [-0.1, -0.05) is 31.0 Å². The fraction of sp³-hybridized carbons (Fsp3) is 0.364. The van der Waals surface area contributed by atoms with E-state index in [0.29, 0.717) is 5.69 Å². The fourth-order valence-corrected chi connectivity index (χ4v) is 3.77. The Labute approximate surface area is 159 Å². The van der Waals surface area contributed by atoms with Gasteiger partial charge in [-0.15, -0.1) is 0 Å². The van der Waals surface area contributed by atoms with Crippen molar-refractivity contribution in [3.05, 3.63) is 60.0 Å². The molecule has 4 rings (SSSR count). The molecule has 0 bridgehead atoms. The zero-order valence-corrected chi connectivity index (χ0v) is 15.6. The summed E-state index contributed by atoms with van der Waals surface area (Å²) < 4.78 is 0. The fourth-order valence-electron chi connectivity index (χ4n) is 3.77. The van der Waals surface area contributed by atoms with Gasteiger partial charge in [0.1, 0.15) is 5.69 Å². The van der Waals surface area contributed by atoms with Gasteiger partial charge in [0.15, 0.2) is 0 Å². The summed E-state index contributed by atoms with van der Waals surface area (Å²) in [7, 11) is 0. The monoisotopic (exact) mass is 362 g/mol. The maximum atomic E-state index is 12.7. The number of hydrogen-bond acceptors (Lipinski definition) is 3. The van der Waals surface area contributed by atoms with Crippen molar-refractivity contribution in [3.8, 4) is 0 Å². The molecular formula is C22H26N4O. The van der Waals surface area contributed by atoms with E-state index in [1.54, 1.807) is 6.20 Å². The second-order valence-corrected chi connectivity index (χ2v) is 7.17. The van der Waals surface area contributed by atoms with Crippen molar-refractivity contribution in [2.45, 2.75) is 32.1 Å². The maximum absolute atomic E-state index is 12.7. The van der Waals surface area contributed by atoms with Gasteiger partial charge in [0.2, 0.25) is 0 Å². The van der Waals surface area contributed by atoms with E-state index in [-0.39, 0.29) is 5.91 Å². The number of para-hydroxylation sites is 1. The van der Waals surface area contributed by atoms with Crippen LogP contribution in [0.15, 0.2) is 48.8 Å². The highest BCUT2D eigenvalue weighted by molar-refractivity contribution is 5.93. The lowest BCUT2D eigenvalue weighted by Gasteiger charge is -2.20. The molecule has 3 heterocycles.